The van der Waals surface area contributed by atoms with Gasteiger partial charge in [0.05, 0.1) is 18.6 Å². The summed E-state index contributed by atoms with van der Waals surface area (Å²) in [5, 5.41) is 12.8. The summed E-state index contributed by atoms with van der Waals surface area (Å²) >= 11 is 12.0. The number of nitrogens with one attached hydrogen (secondary N) is 1. The standard InChI is InChI=1S/C19H18Cl2FN5O4/c1-19(2)30-13-11(6-28)29-17(14(13)31-19)27-7-23-12-15(25-18(21)26-16(12)27)24-10-4-3-8(20)5-9(10)22/h3-5,7,11,13-14,17,28H,6H2,1-2H3,(H,24,25,26)/t11-,13-,14-,17-/m1/s1. The van der Waals surface area contributed by atoms with E-state index in [-0.39, 0.29) is 28.4 Å². The van der Waals surface area contributed by atoms with Crippen LogP contribution in [-0.2, 0) is 14.2 Å². The van der Waals surface area contributed by atoms with Gasteiger partial charge >= 0.3 is 0 Å². The molecule has 0 spiro atoms. The second-order valence-corrected chi connectivity index (χ2v) is 8.50. The normalized spacial score (nSPS) is 27.0. The van der Waals surface area contributed by atoms with Gasteiger partial charge in [-0.15, -0.1) is 0 Å². The molecule has 3 aromatic rings. The van der Waals surface area contributed by atoms with Crippen molar-refractivity contribution in [3.8, 4) is 0 Å². The van der Waals surface area contributed by atoms with Crippen LogP contribution in [-0.4, -0.2) is 55.3 Å². The minimum atomic E-state index is -0.827. The zero-order valence-electron chi connectivity index (χ0n) is 16.4. The fourth-order valence-electron chi connectivity index (χ4n) is 3.91. The summed E-state index contributed by atoms with van der Waals surface area (Å²) < 4.78 is 33.8. The number of hydrogen-bond donors (Lipinski definition) is 2. The number of rotatable bonds is 4. The summed E-state index contributed by atoms with van der Waals surface area (Å²) in [4.78, 5) is 12.8. The van der Waals surface area contributed by atoms with Crippen LogP contribution in [0, 0.1) is 5.82 Å². The topological polar surface area (TPSA) is 104 Å². The van der Waals surface area contributed by atoms with Crippen molar-refractivity contribution in [2.45, 2.75) is 44.2 Å². The zero-order valence-corrected chi connectivity index (χ0v) is 17.9. The molecule has 9 nitrogen and oxygen atoms in total. The van der Waals surface area contributed by atoms with Gasteiger partial charge in [0.25, 0.3) is 0 Å². The summed E-state index contributed by atoms with van der Waals surface area (Å²) in [6.45, 7) is 3.36. The predicted molar refractivity (Wildman–Crippen MR) is 110 cm³/mol. The first-order valence-corrected chi connectivity index (χ1v) is 10.3. The first-order chi connectivity index (χ1) is 14.8. The summed E-state index contributed by atoms with van der Waals surface area (Å²) in [5.41, 5.74) is 0.860. The van der Waals surface area contributed by atoms with E-state index in [4.69, 9.17) is 37.4 Å². The molecule has 0 saturated carbocycles. The molecule has 12 heteroatoms. The molecule has 164 valence electrons. The van der Waals surface area contributed by atoms with Crippen LogP contribution in [0.1, 0.15) is 20.1 Å². The Labute approximate surface area is 186 Å². The molecular weight excluding hydrogens is 452 g/mol. The summed E-state index contributed by atoms with van der Waals surface area (Å²) in [6.07, 6.45) is -0.689. The van der Waals surface area contributed by atoms with Crippen molar-refractivity contribution in [2.75, 3.05) is 11.9 Å². The van der Waals surface area contributed by atoms with Gasteiger partial charge < -0.3 is 24.6 Å². The molecule has 2 aliphatic heterocycles. The van der Waals surface area contributed by atoms with Gasteiger partial charge in [-0.1, -0.05) is 11.6 Å². The number of hydrogen-bond acceptors (Lipinski definition) is 8. The first-order valence-electron chi connectivity index (χ1n) is 9.50. The van der Waals surface area contributed by atoms with Crippen molar-refractivity contribution >= 4 is 45.9 Å². The van der Waals surface area contributed by atoms with Gasteiger partial charge in [0.15, 0.2) is 29.0 Å². The molecule has 0 radical (unpaired) electrons. The van der Waals surface area contributed by atoms with Gasteiger partial charge in [0, 0.05) is 5.02 Å². The minimum Gasteiger partial charge on any atom is -0.394 e. The lowest BCUT2D eigenvalue weighted by molar-refractivity contribution is -0.199. The molecule has 0 bridgehead atoms. The maximum atomic E-state index is 14.3. The van der Waals surface area contributed by atoms with E-state index in [1.54, 1.807) is 24.5 Å². The number of ether oxygens (including phenoxy) is 3. The number of benzene rings is 1. The molecule has 31 heavy (non-hydrogen) atoms. The molecule has 2 fully saturated rings. The van der Waals surface area contributed by atoms with Crippen molar-refractivity contribution in [3.63, 3.8) is 0 Å². The van der Waals surface area contributed by atoms with E-state index in [9.17, 15) is 9.50 Å². The molecule has 0 aliphatic carbocycles. The Morgan fingerprint density at radius 3 is 2.74 bits per heavy atom. The third kappa shape index (κ3) is 3.63. The molecule has 2 aliphatic rings. The second-order valence-electron chi connectivity index (χ2n) is 7.73. The molecule has 0 amide bonds. The van der Waals surface area contributed by atoms with Crippen molar-refractivity contribution in [3.05, 3.63) is 40.6 Å². The van der Waals surface area contributed by atoms with Crippen molar-refractivity contribution in [2.24, 2.45) is 0 Å². The Bertz CT molecular complexity index is 1160. The quantitative estimate of drug-likeness (QED) is 0.560. The van der Waals surface area contributed by atoms with Crippen molar-refractivity contribution in [1.29, 1.82) is 0 Å². The maximum absolute atomic E-state index is 14.3. The Balaban J connectivity index is 1.54. The van der Waals surface area contributed by atoms with Crippen LogP contribution >= 0.6 is 23.2 Å². The van der Waals surface area contributed by atoms with Crippen LogP contribution < -0.4 is 5.32 Å². The highest BCUT2D eigenvalue weighted by Crippen LogP contribution is 2.44. The molecule has 4 atom stereocenters. The molecule has 1 aromatic carbocycles. The highest BCUT2D eigenvalue weighted by atomic mass is 35.5. The SMILES string of the molecule is CC1(C)O[C@@H]2[C@H](O1)[C@@H](CO)O[C@H]2n1cnc2c(Nc3ccc(Cl)cc3F)nc(Cl)nc21. The fourth-order valence-corrected chi connectivity index (χ4v) is 4.24. The molecule has 5 rings (SSSR count). The number of aliphatic hydroxyl groups is 1. The van der Waals surface area contributed by atoms with E-state index < -0.39 is 36.1 Å². The Morgan fingerprint density at radius 1 is 1.23 bits per heavy atom. The number of halogens is 3. The smallest absolute Gasteiger partial charge is 0.226 e. The van der Waals surface area contributed by atoms with Crippen molar-refractivity contribution in [1.82, 2.24) is 19.5 Å². The minimum absolute atomic E-state index is 0.0664. The number of aromatic nitrogens is 4. The highest BCUT2D eigenvalue weighted by molar-refractivity contribution is 6.30. The summed E-state index contributed by atoms with van der Waals surface area (Å²) in [7, 11) is 0. The van der Waals surface area contributed by atoms with Crippen LogP contribution in [0.15, 0.2) is 24.5 Å². The molecule has 2 aromatic heterocycles. The molecule has 2 N–H and O–H groups in total. The number of aliphatic hydroxyl groups excluding tert-OH is 1. The lowest BCUT2D eigenvalue weighted by Gasteiger charge is -2.24. The Hall–Kier alpha value is -2.08. The Morgan fingerprint density at radius 2 is 2.00 bits per heavy atom. The monoisotopic (exact) mass is 469 g/mol. The molecule has 2 saturated heterocycles. The van der Waals surface area contributed by atoms with Crippen LogP contribution in [0.3, 0.4) is 0 Å². The average molecular weight is 470 g/mol. The largest absolute Gasteiger partial charge is 0.394 e. The van der Waals surface area contributed by atoms with Gasteiger partial charge in [0.2, 0.25) is 5.28 Å². The third-order valence-electron chi connectivity index (χ3n) is 5.16. The van der Waals surface area contributed by atoms with E-state index in [2.05, 4.69) is 20.3 Å². The van der Waals surface area contributed by atoms with Gasteiger partial charge in [-0.05, 0) is 43.6 Å². The van der Waals surface area contributed by atoms with E-state index >= 15 is 0 Å². The lowest BCUT2D eigenvalue weighted by Crippen LogP contribution is -2.31. The van der Waals surface area contributed by atoms with Crippen LogP contribution in [0.5, 0.6) is 0 Å². The molecular formula is C19H18Cl2FN5O4. The first kappa shape index (κ1) is 20.8. The predicted octanol–water partition coefficient (Wildman–Crippen LogP) is 3.43. The van der Waals surface area contributed by atoms with E-state index in [1.165, 1.54) is 18.5 Å². The summed E-state index contributed by atoms with van der Waals surface area (Å²) in [6, 6.07) is 4.22. The summed E-state index contributed by atoms with van der Waals surface area (Å²) in [5.74, 6) is -1.17. The van der Waals surface area contributed by atoms with Gasteiger partial charge in [-0.3, -0.25) is 4.57 Å². The Kier molecular flexibility index (Phi) is 5.04. The average Bonchev–Trinajstić information content (AvgIpc) is 3.34. The zero-order chi connectivity index (χ0) is 21.9. The van der Waals surface area contributed by atoms with Crippen LogP contribution in [0.4, 0.5) is 15.9 Å². The second kappa shape index (κ2) is 7.51. The number of nitrogens with zero attached hydrogens (tertiary/aromatic N) is 4. The van der Waals surface area contributed by atoms with Crippen LogP contribution in [0.2, 0.25) is 10.3 Å². The van der Waals surface area contributed by atoms with E-state index in [0.717, 1.165) is 0 Å². The van der Waals surface area contributed by atoms with E-state index in [1.807, 2.05) is 0 Å². The highest BCUT2D eigenvalue weighted by Gasteiger charge is 2.56. The molecule has 4 heterocycles. The molecule has 0 unspecified atom stereocenters. The van der Waals surface area contributed by atoms with Gasteiger partial charge in [-0.25, -0.2) is 9.37 Å². The maximum Gasteiger partial charge on any atom is 0.226 e. The van der Waals surface area contributed by atoms with Gasteiger partial charge in [-0.2, -0.15) is 9.97 Å². The van der Waals surface area contributed by atoms with E-state index in [0.29, 0.717) is 11.2 Å². The number of anilines is 2. The van der Waals surface area contributed by atoms with Crippen LogP contribution in [0.25, 0.3) is 11.2 Å². The number of imidazole rings is 1. The number of fused-ring (bicyclic) bond motifs is 2. The third-order valence-corrected chi connectivity index (χ3v) is 5.56. The lowest BCUT2D eigenvalue weighted by atomic mass is 10.1. The fraction of sp³-hybridized carbons (Fsp3) is 0.421. The van der Waals surface area contributed by atoms with Gasteiger partial charge in [0.1, 0.15) is 24.1 Å². The van der Waals surface area contributed by atoms with Crippen molar-refractivity contribution < 1.29 is 23.7 Å².